The highest BCUT2D eigenvalue weighted by Gasteiger charge is 2.13. The van der Waals surface area contributed by atoms with E-state index < -0.39 is 0 Å². The molecular weight excluding hydrogens is 361 g/mol. The summed E-state index contributed by atoms with van der Waals surface area (Å²) in [6.07, 6.45) is 1.34. The summed E-state index contributed by atoms with van der Waals surface area (Å²) in [5.41, 5.74) is 1.71. The summed E-state index contributed by atoms with van der Waals surface area (Å²) in [7, 11) is 0. The average Bonchev–Trinajstić information content (AvgIpc) is 3.17. The summed E-state index contributed by atoms with van der Waals surface area (Å²) in [4.78, 5) is 16.5. The zero-order valence-electron chi connectivity index (χ0n) is 15.9. The molecule has 0 fully saturated rings. The maximum absolute atomic E-state index is 13.7. The zero-order valence-corrected chi connectivity index (χ0v) is 15.9. The van der Waals surface area contributed by atoms with Gasteiger partial charge >= 0.3 is 0 Å². The molecular formula is C21H22FN3O3. The van der Waals surface area contributed by atoms with Crippen LogP contribution in [-0.2, 0) is 11.2 Å². The number of hydrogen-bond acceptors (Lipinski definition) is 5. The van der Waals surface area contributed by atoms with E-state index in [1.165, 1.54) is 6.07 Å². The first-order valence-electron chi connectivity index (χ1n) is 9.17. The summed E-state index contributed by atoms with van der Waals surface area (Å²) in [5.74, 6) is 0.745. The minimum atomic E-state index is -0.327. The van der Waals surface area contributed by atoms with Crippen LogP contribution < -0.4 is 10.1 Å². The number of ether oxygens (including phenoxy) is 1. The Morgan fingerprint density at radius 1 is 1.25 bits per heavy atom. The van der Waals surface area contributed by atoms with Crippen molar-refractivity contribution in [3.05, 3.63) is 59.7 Å². The Balaban J connectivity index is 1.58. The standard InChI is InChI=1S/C21H22FN3O3/c1-3-12-27-18-7-5-4-6-17(18)23-19(26)10-11-20-24-21(25-28-20)15-9-8-14(2)16(22)13-15/h4-9,13H,3,10-12H2,1-2H3,(H,23,26). The van der Waals surface area contributed by atoms with Gasteiger partial charge in [-0.3, -0.25) is 4.79 Å². The minimum absolute atomic E-state index is 0.173. The number of anilines is 1. The second-order valence-electron chi connectivity index (χ2n) is 6.37. The molecule has 0 bridgehead atoms. The molecule has 0 radical (unpaired) electrons. The predicted molar refractivity (Wildman–Crippen MR) is 104 cm³/mol. The molecule has 0 atom stereocenters. The van der Waals surface area contributed by atoms with Gasteiger partial charge in [-0.25, -0.2) is 4.39 Å². The van der Waals surface area contributed by atoms with E-state index in [0.29, 0.717) is 40.9 Å². The molecule has 3 rings (SSSR count). The Kier molecular flexibility index (Phi) is 6.37. The second kappa shape index (κ2) is 9.12. The molecule has 0 aliphatic rings. The summed E-state index contributed by atoms with van der Waals surface area (Å²) < 4.78 is 24.5. The number of halogens is 1. The van der Waals surface area contributed by atoms with Crippen molar-refractivity contribution in [3.63, 3.8) is 0 Å². The highest BCUT2D eigenvalue weighted by Crippen LogP contribution is 2.24. The van der Waals surface area contributed by atoms with E-state index in [2.05, 4.69) is 15.5 Å². The van der Waals surface area contributed by atoms with E-state index in [0.717, 1.165) is 6.42 Å². The van der Waals surface area contributed by atoms with Gasteiger partial charge in [-0.1, -0.05) is 36.3 Å². The average molecular weight is 383 g/mol. The van der Waals surface area contributed by atoms with Crippen molar-refractivity contribution in [3.8, 4) is 17.1 Å². The van der Waals surface area contributed by atoms with Gasteiger partial charge in [0.15, 0.2) is 0 Å². The van der Waals surface area contributed by atoms with Crippen molar-refractivity contribution >= 4 is 11.6 Å². The molecule has 3 aromatic rings. The molecule has 1 amide bonds. The quantitative estimate of drug-likeness (QED) is 0.618. The third-order valence-corrected chi connectivity index (χ3v) is 4.09. The van der Waals surface area contributed by atoms with Crippen LogP contribution in [0.15, 0.2) is 47.0 Å². The summed E-state index contributed by atoms with van der Waals surface area (Å²) in [5, 5.41) is 6.70. The molecule has 28 heavy (non-hydrogen) atoms. The maximum Gasteiger partial charge on any atom is 0.227 e. The lowest BCUT2D eigenvalue weighted by atomic mass is 10.1. The molecule has 146 valence electrons. The number of aryl methyl sites for hydroxylation is 2. The summed E-state index contributed by atoms with van der Waals surface area (Å²) in [6.45, 7) is 4.28. The lowest BCUT2D eigenvalue weighted by molar-refractivity contribution is -0.116. The van der Waals surface area contributed by atoms with Gasteiger partial charge in [0.1, 0.15) is 11.6 Å². The molecule has 0 saturated carbocycles. The number of hydrogen-bond donors (Lipinski definition) is 1. The number of amides is 1. The molecule has 2 aromatic carbocycles. The molecule has 7 heteroatoms. The van der Waals surface area contributed by atoms with E-state index in [1.807, 2.05) is 25.1 Å². The fourth-order valence-electron chi connectivity index (χ4n) is 2.55. The van der Waals surface area contributed by atoms with Crippen molar-refractivity contribution in [2.24, 2.45) is 0 Å². The number of carbonyl (C=O) groups excluding carboxylic acids is 1. The zero-order chi connectivity index (χ0) is 19.9. The third-order valence-electron chi connectivity index (χ3n) is 4.09. The van der Waals surface area contributed by atoms with E-state index >= 15 is 0 Å². The van der Waals surface area contributed by atoms with Crippen LogP contribution in [0.4, 0.5) is 10.1 Å². The molecule has 0 spiro atoms. The Hall–Kier alpha value is -3.22. The highest BCUT2D eigenvalue weighted by atomic mass is 19.1. The third kappa shape index (κ3) is 4.94. The number of carbonyl (C=O) groups is 1. The minimum Gasteiger partial charge on any atom is -0.491 e. The highest BCUT2D eigenvalue weighted by molar-refractivity contribution is 5.92. The van der Waals surface area contributed by atoms with Crippen LogP contribution in [0.25, 0.3) is 11.4 Å². The molecule has 1 aromatic heterocycles. The summed E-state index contributed by atoms with van der Waals surface area (Å²) in [6, 6.07) is 12.0. The maximum atomic E-state index is 13.7. The van der Waals surface area contributed by atoms with E-state index in [4.69, 9.17) is 9.26 Å². The van der Waals surface area contributed by atoms with Crippen LogP contribution in [0.3, 0.4) is 0 Å². The van der Waals surface area contributed by atoms with Crippen molar-refractivity contribution in [2.45, 2.75) is 33.1 Å². The van der Waals surface area contributed by atoms with Crippen molar-refractivity contribution in [2.75, 3.05) is 11.9 Å². The number of nitrogens with one attached hydrogen (secondary N) is 1. The van der Waals surface area contributed by atoms with Crippen LogP contribution in [-0.4, -0.2) is 22.7 Å². The molecule has 0 saturated heterocycles. The Morgan fingerprint density at radius 3 is 2.86 bits per heavy atom. The molecule has 1 N–H and O–H groups in total. The topological polar surface area (TPSA) is 77.2 Å². The van der Waals surface area contributed by atoms with Gasteiger partial charge < -0.3 is 14.6 Å². The first-order chi connectivity index (χ1) is 13.6. The Labute approximate surface area is 162 Å². The van der Waals surface area contributed by atoms with Gasteiger partial charge in [0, 0.05) is 18.4 Å². The largest absolute Gasteiger partial charge is 0.491 e. The fourth-order valence-corrected chi connectivity index (χ4v) is 2.55. The molecule has 1 heterocycles. The van der Waals surface area contributed by atoms with Crippen LogP contribution in [0.5, 0.6) is 5.75 Å². The van der Waals surface area contributed by atoms with Crippen LogP contribution in [0, 0.1) is 12.7 Å². The Bertz CT molecular complexity index is 956. The van der Waals surface area contributed by atoms with Crippen molar-refractivity contribution < 1.29 is 18.4 Å². The van der Waals surface area contributed by atoms with Gasteiger partial charge in [-0.2, -0.15) is 4.98 Å². The molecule has 0 unspecified atom stereocenters. The first kappa shape index (κ1) is 19.5. The monoisotopic (exact) mass is 383 g/mol. The second-order valence-corrected chi connectivity index (χ2v) is 6.37. The van der Waals surface area contributed by atoms with Crippen LogP contribution >= 0.6 is 0 Å². The number of aromatic nitrogens is 2. The van der Waals surface area contributed by atoms with Crippen LogP contribution in [0.2, 0.25) is 0 Å². The lowest BCUT2D eigenvalue weighted by Crippen LogP contribution is -2.13. The normalized spacial score (nSPS) is 10.7. The van der Waals surface area contributed by atoms with Crippen molar-refractivity contribution in [1.82, 2.24) is 10.1 Å². The lowest BCUT2D eigenvalue weighted by Gasteiger charge is -2.11. The van der Waals surface area contributed by atoms with Crippen LogP contribution in [0.1, 0.15) is 31.2 Å². The number of para-hydroxylation sites is 2. The van der Waals surface area contributed by atoms with Gasteiger partial charge in [0.05, 0.1) is 12.3 Å². The number of benzene rings is 2. The van der Waals surface area contributed by atoms with Gasteiger partial charge in [0.25, 0.3) is 0 Å². The fraction of sp³-hybridized carbons (Fsp3) is 0.286. The smallest absolute Gasteiger partial charge is 0.227 e. The van der Waals surface area contributed by atoms with E-state index in [9.17, 15) is 9.18 Å². The first-order valence-corrected chi connectivity index (χ1v) is 9.17. The molecule has 0 aliphatic heterocycles. The Morgan fingerprint density at radius 2 is 2.07 bits per heavy atom. The number of rotatable bonds is 8. The summed E-state index contributed by atoms with van der Waals surface area (Å²) >= 11 is 0. The van der Waals surface area contributed by atoms with Crippen molar-refractivity contribution in [1.29, 1.82) is 0 Å². The number of nitrogens with zero attached hydrogens (tertiary/aromatic N) is 2. The van der Waals surface area contributed by atoms with E-state index in [-0.39, 0.29) is 24.6 Å². The van der Waals surface area contributed by atoms with Gasteiger partial charge in [-0.05, 0) is 37.1 Å². The van der Waals surface area contributed by atoms with E-state index in [1.54, 1.807) is 25.1 Å². The van der Waals surface area contributed by atoms with Gasteiger partial charge in [0.2, 0.25) is 17.6 Å². The SMILES string of the molecule is CCCOc1ccccc1NC(=O)CCc1nc(-c2ccc(C)c(F)c2)no1. The predicted octanol–water partition coefficient (Wildman–Crippen LogP) is 4.54. The molecule has 6 nitrogen and oxygen atoms in total. The van der Waals surface area contributed by atoms with Gasteiger partial charge in [-0.15, -0.1) is 0 Å². The molecule has 0 aliphatic carbocycles.